The normalized spacial score (nSPS) is 11.7. The van der Waals surface area contributed by atoms with Crippen LogP contribution in [0.4, 0.5) is 0 Å². The highest BCUT2D eigenvalue weighted by Gasteiger charge is 1.99. The van der Waals surface area contributed by atoms with Crippen molar-refractivity contribution in [3.8, 4) is 0 Å². The SMILES string of the molecule is Cc1cccc2c1C=C=C=C2. The molecule has 0 N–H and O–H groups in total. The zero-order valence-corrected chi connectivity index (χ0v) is 6.39. The molecule has 0 nitrogen and oxygen atoms in total. The maximum absolute atomic E-state index is 2.95. The minimum atomic E-state index is 1.24. The van der Waals surface area contributed by atoms with E-state index in [2.05, 4.69) is 36.6 Å². The highest BCUT2D eigenvalue weighted by atomic mass is 14.0. The van der Waals surface area contributed by atoms with Crippen LogP contribution in [0.1, 0.15) is 16.7 Å². The second-order valence-corrected chi connectivity index (χ2v) is 2.66. The third kappa shape index (κ3) is 0.951. The first-order chi connectivity index (χ1) is 5.38. The first-order valence-electron chi connectivity index (χ1n) is 3.65. The molecule has 0 heteroatoms. The fourth-order valence-electron chi connectivity index (χ4n) is 1.26. The highest BCUT2D eigenvalue weighted by Crippen LogP contribution is 2.18. The lowest BCUT2D eigenvalue weighted by Crippen LogP contribution is -1.85. The molecule has 1 aromatic carbocycles. The minimum Gasteiger partial charge on any atom is -0.0696 e. The summed E-state index contributed by atoms with van der Waals surface area (Å²) in [4.78, 5) is 0. The molecule has 0 aromatic heterocycles. The van der Waals surface area contributed by atoms with Crippen LogP contribution in [-0.4, -0.2) is 0 Å². The molecule has 0 fully saturated rings. The predicted molar refractivity (Wildman–Crippen MR) is 47.1 cm³/mol. The highest BCUT2D eigenvalue weighted by molar-refractivity contribution is 5.70. The first-order valence-corrected chi connectivity index (χ1v) is 3.65. The van der Waals surface area contributed by atoms with Crippen LogP contribution in [-0.2, 0) is 0 Å². The lowest BCUT2D eigenvalue weighted by Gasteiger charge is -2.03. The summed E-state index contributed by atoms with van der Waals surface area (Å²) in [5.41, 5.74) is 9.70. The molecule has 0 saturated heterocycles. The van der Waals surface area contributed by atoms with E-state index in [4.69, 9.17) is 0 Å². The van der Waals surface area contributed by atoms with Crippen molar-refractivity contribution in [2.24, 2.45) is 0 Å². The fourth-order valence-corrected chi connectivity index (χ4v) is 1.26. The lowest BCUT2D eigenvalue weighted by atomic mass is 10.0. The van der Waals surface area contributed by atoms with Gasteiger partial charge in [0.15, 0.2) is 0 Å². The fraction of sp³-hybridized carbons (Fsp3) is 0.0909. The topological polar surface area (TPSA) is 0 Å². The van der Waals surface area contributed by atoms with Crippen LogP contribution in [0.3, 0.4) is 0 Å². The van der Waals surface area contributed by atoms with Crippen LogP contribution in [0.15, 0.2) is 29.7 Å². The van der Waals surface area contributed by atoms with Crippen molar-refractivity contribution in [1.82, 2.24) is 0 Å². The lowest BCUT2D eigenvalue weighted by molar-refractivity contribution is 1.43. The molecule has 0 saturated carbocycles. The summed E-state index contributed by atoms with van der Waals surface area (Å²) < 4.78 is 0. The largest absolute Gasteiger partial charge is 0.0696 e. The van der Waals surface area contributed by atoms with Crippen molar-refractivity contribution in [1.29, 1.82) is 0 Å². The summed E-state index contributed by atoms with van der Waals surface area (Å²) in [6.07, 6.45) is 3.94. The van der Waals surface area contributed by atoms with Gasteiger partial charge in [-0.1, -0.05) is 29.7 Å². The first kappa shape index (κ1) is 6.24. The van der Waals surface area contributed by atoms with Gasteiger partial charge in [-0.3, -0.25) is 0 Å². The summed E-state index contributed by atoms with van der Waals surface area (Å²) in [7, 11) is 0. The van der Waals surface area contributed by atoms with Gasteiger partial charge in [0.25, 0.3) is 0 Å². The summed E-state index contributed by atoms with van der Waals surface area (Å²) in [6.45, 7) is 2.11. The monoisotopic (exact) mass is 140 g/mol. The number of rotatable bonds is 0. The van der Waals surface area contributed by atoms with Gasteiger partial charge in [-0.2, -0.15) is 0 Å². The van der Waals surface area contributed by atoms with Crippen LogP contribution in [0.5, 0.6) is 0 Å². The third-order valence-corrected chi connectivity index (χ3v) is 1.89. The molecule has 1 aliphatic rings. The van der Waals surface area contributed by atoms with Gasteiger partial charge in [-0.15, -0.1) is 0 Å². The molecular weight excluding hydrogens is 132 g/mol. The number of benzene rings is 1. The molecule has 0 bridgehead atoms. The van der Waals surface area contributed by atoms with Crippen LogP contribution in [0.2, 0.25) is 0 Å². The Hall–Kier alpha value is -1.48. The Bertz CT molecular complexity index is 384. The smallest absolute Gasteiger partial charge is 0.00338 e. The van der Waals surface area contributed by atoms with Crippen molar-refractivity contribution >= 4 is 12.2 Å². The molecule has 0 heterocycles. The van der Waals surface area contributed by atoms with E-state index in [0.717, 1.165) is 0 Å². The van der Waals surface area contributed by atoms with Crippen molar-refractivity contribution in [3.63, 3.8) is 0 Å². The molecule has 0 aliphatic heterocycles. The van der Waals surface area contributed by atoms with E-state index in [9.17, 15) is 0 Å². The van der Waals surface area contributed by atoms with Crippen molar-refractivity contribution in [2.75, 3.05) is 0 Å². The van der Waals surface area contributed by atoms with Crippen molar-refractivity contribution < 1.29 is 0 Å². The van der Waals surface area contributed by atoms with Crippen LogP contribution in [0.25, 0.3) is 12.2 Å². The Morgan fingerprint density at radius 1 is 1.09 bits per heavy atom. The average molecular weight is 140 g/mol. The van der Waals surface area contributed by atoms with E-state index in [0.29, 0.717) is 0 Å². The van der Waals surface area contributed by atoms with Gasteiger partial charge in [0, 0.05) is 0 Å². The van der Waals surface area contributed by atoms with Gasteiger partial charge >= 0.3 is 0 Å². The Labute approximate surface area is 66.2 Å². The Kier molecular flexibility index (Phi) is 1.30. The van der Waals surface area contributed by atoms with Gasteiger partial charge < -0.3 is 0 Å². The zero-order chi connectivity index (χ0) is 7.68. The summed E-state index contributed by atoms with van der Waals surface area (Å²) in [6, 6.07) is 6.26. The molecule has 11 heavy (non-hydrogen) atoms. The summed E-state index contributed by atoms with van der Waals surface area (Å²) in [5.74, 6) is 0. The minimum absolute atomic E-state index is 1.24. The molecule has 0 atom stereocenters. The Morgan fingerprint density at radius 2 is 1.91 bits per heavy atom. The van der Waals surface area contributed by atoms with Crippen molar-refractivity contribution in [3.05, 3.63) is 46.4 Å². The quantitative estimate of drug-likeness (QED) is 0.493. The standard InChI is InChI=1S/C11H8/c1-9-5-4-7-10-6-2-3-8-11(9)10/h4-8H,1H3. The third-order valence-electron chi connectivity index (χ3n) is 1.89. The van der Waals surface area contributed by atoms with E-state index in [1.54, 1.807) is 0 Å². The molecule has 0 unspecified atom stereocenters. The molecule has 1 aromatic rings. The zero-order valence-electron chi connectivity index (χ0n) is 6.39. The molecule has 0 spiro atoms. The van der Waals surface area contributed by atoms with Crippen LogP contribution >= 0.6 is 0 Å². The number of aryl methyl sites for hydroxylation is 1. The molecule has 0 amide bonds. The molecule has 52 valence electrons. The number of hydrogen-bond acceptors (Lipinski definition) is 0. The Morgan fingerprint density at radius 3 is 2.73 bits per heavy atom. The second kappa shape index (κ2) is 2.29. The van der Waals surface area contributed by atoms with Gasteiger partial charge in [-0.05, 0) is 35.8 Å². The maximum atomic E-state index is 2.95. The van der Waals surface area contributed by atoms with Gasteiger partial charge in [0.1, 0.15) is 0 Å². The van der Waals surface area contributed by atoms with E-state index in [1.165, 1.54) is 16.7 Å². The second-order valence-electron chi connectivity index (χ2n) is 2.66. The van der Waals surface area contributed by atoms with Crippen molar-refractivity contribution in [2.45, 2.75) is 6.92 Å². The maximum Gasteiger partial charge on any atom is -0.00338 e. The van der Waals surface area contributed by atoms with Crippen LogP contribution in [0, 0.1) is 6.92 Å². The van der Waals surface area contributed by atoms with Crippen LogP contribution < -0.4 is 0 Å². The van der Waals surface area contributed by atoms with E-state index >= 15 is 0 Å². The average Bonchev–Trinajstić information content (AvgIpc) is 2.06. The summed E-state index contributed by atoms with van der Waals surface area (Å²) in [5, 5.41) is 0. The summed E-state index contributed by atoms with van der Waals surface area (Å²) >= 11 is 0. The molecule has 1 aliphatic carbocycles. The van der Waals surface area contributed by atoms with Gasteiger partial charge in [0.2, 0.25) is 0 Å². The molecule has 0 radical (unpaired) electrons. The van der Waals surface area contributed by atoms with E-state index < -0.39 is 0 Å². The molecule has 2 rings (SSSR count). The predicted octanol–water partition coefficient (Wildman–Crippen LogP) is 2.79. The number of hydrogen-bond donors (Lipinski definition) is 0. The van der Waals surface area contributed by atoms with Gasteiger partial charge in [0.05, 0.1) is 0 Å². The number of fused-ring (bicyclic) bond motifs is 1. The molecular formula is C11H8. The van der Waals surface area contributed by atoms with Gasteiger partial charge in [-0.25, -0.2) is 0 Å². The Balaban J connectivity index is 2.78. The van der Waals surface area contributed by atoms with E-state index in [1.807, 2.05) is 12.2 Å². The van der Waals surface area contributed by atoms with E-state index in [-0.39, 0.29) is 0 Å².